The minimum atomic E-state index is -0.104. The lowest BCUT2D eigenvalue weighted by molar-refractivity contribution is 0.0713. The number of carbonyl (C=O) groups excluding carboxylic acids is 1. The van der Waals surface area contributed by atoms with E-state index < -0.39 is 0 Å². The van der Waals surface area contributed by atoms with Crippen LogP contribution in [0.5, 0.6) is 0 Å². The zero-order valence-electron chi connectivity index (χ0n) is 12.2. The van der Waals surface area contributed by atoms with E-state index in [1.165, 1.54) is 6.20 Å². The number of rotatable bonds is 2. The molecular weight excluding hydrogens is 282 g/mol. The molecule has 0 unspecified atom stereocenters. The molecule has 22 heavy (non-hydrogen) atoms. The molecule has 2 aromatic rings. The normalized spacial score (nSPS) is 14.7. The summed E-state index contributed by atoms with van der Waals surface area (Å²) in [5.74, 6) is 1.56. The number of nitrogens with zero attached hydrogens (tertiary/aromatic N) is 5. The van der Waals surface area contributed by atoms with Gasteiger partial charge in [-0.2, -0.15) is 5.26 Å². The number of anilines is 1. The molecule has 7 nitrogen and oxygen atoms in total. The van der Waals surface area contributed by atoms with Gasteiger partial charge in [-0.3, -0.25) is 4.79 Å². The Kier molecular flexibility index (Phi) is 3.74. The third-order valence-corrected chi connectivity index (χ3v) is 3.60. The Balaban J connectivity index is 1.68. The highest BCUT2D eigenvalue weighted by Gasteiger charge is 2.25. The number of hydrogen-bond donors (Lipinski definition) is 0. The van der Waals surface area contributed by atoms with Crippen LogP contribution in [0.2, 0.25) is 0 Å². The Hall–Kier alpha value is -2.88. The van der Waals surface area contributed by atoms with Crippen LogP contribution in [-0.4, -0.2) is 47.0 Å². The van der Waals surface area contributed by atoms with E-state index in [0.29, 0.717) is 43.5 Å². The molecule has 1 aliphatic rings. The number of nitriles is 1. The molecule has 0 aliphatic carbocycles. The van der Waals surface area contributed by atoms with Crippen molar-refractivity contribution in [3.63, 3.8) is 0 Å². The first-order valence-electron chi connectivity index (χ1n) is 7.01. The maximum absolute atomic E-state index is 12.3. The second-order valence-electron chi connectivity index (χ2n) is 5.03. The lowest BCUT2D eigenvalue weighted by Crippen LogP contribution is -2.49. The highest BCUT2D eigenvalue weighted by atomic mass is 16.3. The summed E-state index contributed by atoms with van der Waals surface area (Å²) in [5, 5.41) is 9.08. The average Bonchev–Trinajstić information content (AvgIpc) is 3.01. The van der Waals surface area contributed by atoms with Gasteiger partial charge in [-0.1, -0.05) is 0 Å². The molecule has 0 saturated carbocycles. The Morgan fingerprint density at radius 2 is 1.95 bits per heavy atom. The highest BCUT2D eigenvalue weighted by molar-refractivity contribution is 5.91. The van der Waals surface area contributed by atoms with Gasteiger partial charge >= 0.3 is 0 Å². The number of amides is 1. The molecule has 0 atom stereocenters. The van der Waals surface area contributed by atoms with Crippen LogP contribution in [0, 0.1) is 18.3 Å². The van der Waals surface area contributed by atoms with Gasteiger partial charge in [0.25, 0.3) is 5.91 Å². The van der Waals surface area contributed by atoms with E-state index in [9.17, 15) is 4.79 Å². The maximum Gasteiger partial charge on any atom is 0.289 e. The van der Waals surface area contributed by atoms with Crippen LogP contribution in [0.4, 0.5) is 5.82 Å². The van der Waals surface area contributed by atoms with Crippen LogP contribution in [0.1, 0.15) is 22.0 Å². The molecule has 0 spiro atoms. The van der Waals surface area contributed by atoms with E-state index in [1.807, 2.05) is 17.9 Å². The van der Waals surface area contributed by atoms with Crippen LogP contribution in [0.3, 0.4) is 0 Å². The summed E-state index contributed by atoms with van der Waals surface area (Å²) in [7, 11) is 0. The van der Waals surface area contributed by atoms with Gasteiger partial charge in [0.2, 0.25) is 0 Å². The number of aryl methyl sites for hydroxylation is 1. The zero-order valence-corrected chi connectivity index (χ0v) is 12.2. The maximum atomic E-state index is 12.3. The third kappa shape index (κ3) is 2.63. The number of piperazine rings is 1. The van der Waals surface area contributed by atoms with E-state index in [2.05, 4.69) is 9.97 Å². The van der Waals surface area contributed by atoms with Crippen molar-refractivity contribution in [3.8, 4) is 6.07 Å². The third-order valence-electron chi connectivity index (χ3n) is 3.60. The fraction of sp³-hybridized carbons (Fsp3) is 0.333. The minimum Gasteiger partial charge on any atom is -0.456 e. The molecule has 0 radical (unpaired) electrons. The summed E-state index contributed by atoms with van der Waals surface area (Å²) in [4.78, 5) is 24.3. The lowest BCUT2D eigenvalue weighted by atomic mass is 10.2. The molecule has 0 N–H and O–H groups in total. The summed E-state index contributed by atoms with van der Waals surface area (Å²) in [6, 6.07) is 5.52. The monoisotopic (exact) mass is 297 g/mol. The van der Waals surface area contributed by atoms with Crippen molar-refractivity contribution in [1.29, 1.82) is 5.26 Å². The van der Waals surface area contributed by atoms with Crippen molar-refractivity contribution in [1.82, 2.24) is 14.9 Å². The molecule has 2 aromatic heterocycles. The smallest absolute Gasteiger partial charge is 0.289 e. The standard InChI is InChI=1S/C15H15N5O2/c1-11-2-3-13(22-11)15(21)20-8-6-19(7-9-20)14-12(10-16)17-4-5-18-14/h2-5H,6-9H2,1H3. The summed E-state index contributed by atoms with van der Waals surface area (Å²) in [5.41, 5.74) is 0.309. The number of carbonyl (C=O) groups is 1. The van der Waals surface area contributed by atoms with Gasteiger partial charge in [-0.05, 0) is 19.1 Å². The van der Waals surface area contributed by atoms with Crippen LogP contribution in [0.25, 0.3) is 0 Å². The fourth-order valence-electron chi connectivity index (χ4n) is 2.47. The molecule has 1 fully saturated rings. The molecular formula is C15H15N5O2. The molecule has 1 saturated heterocycles. The Morgan fingerprint density at radius 1 is 1.23 bits per heavy atom. The van der Waals surface area contributed by atoms with Gasteiger partial charge in [0, 0.05) is 38.6 Å². The predicted molar refractivity (Wildman–Crippen MR) is 78.3 cm³/mol. The minimum absolute atomic E-state index is 0.104. The number of furan rings is 1. The quantitative estimate of drug-likeness (QED) is 0.828. The van der Waals surface area contributed by atoms with Gasteiger partial charge in [-0.15, -0.1) is 0 Å². The average molecular weight is 297 g/mol. The van der Waals surface area contributed by atoms with Crippen LogP contribution in [0.15, 0.2) is 28.9 Å². The van der Waals surface area contributed by atoms with Crippen LogP contribution >= 0.6 is 0 Å². The number of hydrogen-bond acceptors (Lipinski definition) is 6. The Morgan fingerprint density at radius 3 is 2.59 bits per heavy atom. The van der Waals surface area contributed by atoms with E-state index in [-0.39, 0.29) is 5.91 Å². The lowest BCUT2D eigenvalue weighted by Gasteiger charge is -2.35. The van der Waals surface area contributed by atoms with Gasteiger partial charge in [0.15, 0.2) is 17.3 Å². The summed E-state index contributed by atoms with van der Waals surface area (Å²) < 4.78 is 5.38. The molecule has 0 aromatic carbocycles. The van der Waals surface area contributed by atoms with Crippen molar-refractivity contribution < 1.29 is 9.21 Å². The van der Waals surface area contributed by atoms with E-state index >= 15 is 0 Å². The first-order chi connectivity index (χ1) is 10.7. The van der Waals surface area contributed by atoms with E-state index in [4.69, 9.17) is 9.68 Å². The summed E-state index contributed by atoms with van der Waals surface area (Å²) in [6.07, 6.45) is 3.07. The molecule has 112 valence electrons. The zero-order chi connectivity index (χ0) is 15.5. The first kappa shape index (κ1) is 14.1. The fourth-order valence-corrected chi connectivity index (χ4v) is 2.47. The van der Waals surface area contributed by atoms with Gasteiger partial charge < -0.3 is 14.2 Å². The van der Waals surface area contributed by atoms with Crippen molar-refractivity contribution in [3.05, 3.63) is 41.7 Å². The van der Waals surface area contributed by atoms with Crippen molar-refractivity contribution >= 4 is 11.7 Å². The molecule has 1 aliphatic heterocycles. The first-order valence-corrected chi connectivity index (χ1v) is 7.01. The Bertz CT molecular complexity index is 726. The van der Waals surface area contributed by atoms with Crippen molar-refractivity contribution in [2.75, 3.05) is 31.1 Å². The second-order valence-corrected chi connectivity index (χ2v) is 5.03. The van der Waals surface area contributed by atoms with Crippen LogP contribution in [-0.2, 0) is 0 Å². The predicted octanol–water partition coefficient (Wildman–Crippen LogP) is 1.21. The van der Waals surface area contributed by atoms with Gasteiger partial charge in [0.05, 0.1) is 0 Å². The summed E-state index contributed by atoms with van der Waals surface area (Å²) in [6.45, 7) is 4.14. The highest BCUT2D eigenvalue weighted by Crippen LogP contribution is 2.18. The van der Waals surface area contributed by atoms with Crippen molar-refractivity contribution in [2.45, 2.75) is 6.92 Å². The molecule has 3 rings (SSSR count). The summed E-state index contributed by atoms with van der Waals surface area (Å²) >= 11 is 0. The molecule has 7 heteroatoms. The molecule has 0 bridgehead atoms. The van der Waals surface area contributed by atoms with Crippen LogP contribution < -0.4 is 4.90 Å². The van der Waals surface area contributed by atoms with E-state index in [0.717, 1.165) is 5.76 Å². The topological polar surface area (TPSA) is 86.3 Å². The Labute approximate surface area is 127 Å². The van der Waals surface area contributed by atoms with Gasteiger partial charge in [-0.25, -0.2) is 9.97 Å². The van der Waals surface area contributed by atoms with Gasteiger partial charge in [0.1, 0.15) is 11.8 Å². The number of aromatic nitrogens is 2. The van der Waals surface area contributed by atoms with Crippen molar-refractivity contribution in [2.24, 2.45) is 0 Å². The second kappa shape index (κ2) is 5.85. The molecule has 3 heterocycles. The SMILES string of the molecule is Cc1ccc(C(=O)N2CCN(c3nccnc3C#N)CC2)o1. The molecule has 1 amide bonds. The van der Waals surface area contributed by atoms with E-state index in [1.54, 1.807) is 23.2 Å². The largest absolute Gasteiger partial charge is 0.456 e.